The van der Waals surface area contributed by atoms with Crippen LogP contribution in [0.1, 0.15) is 45.2 Å². The van der Waals surface area contributed by atoms with E-state index < -0.39 is 0 Å². The van der Waals surface area contributed by atoms with Crippen LogP contribution in [0.3, 0.4) is 0 Å². The van der Waals surface area contributed by atoms with Crippen LogP contribution in [-0.4, -0.2) is 15.6 Å². The Balaban J connectivity index is 1.86. The highest BCUT2D eigenvalue weighted by atomic mass is 32.1. The Hall–Kier alpha value is -0.480. The summed E-state index contributed by atoms with van der Waals surface area (Å²) in [6.45, 7) is 5.56. The Bertz CT molecular complexity index is 297. The van der Waals surface area contributed by atoms with Gasteiger partial charge in [-0.2, -0.15) is 0 Å². The van der Waals surface area contributed by atoms with E-state index in [0.29, 0.717) is 6.04 Å². The smallest absolute Gasteiger partial charge is 0.0893 e. The lowest BCUT2D eigenvalue weighted by Gasteiger charge is -2.34. The van der Waals surface area contributed by atoms with Gasteiger partial charge in [-0.25, -0.2) is 0 Å². The molecule has 90 valence electrons. The molecule has 0 amide bonds. The van der Waals surface area contributed by atoms with Gasteiger partial charge in [-0.15, -0.1) is 5.10 Å². The lowest BCUT2D eigenvalue weighted by molar-refractivity contribution is 0.204. The van der Waals surface area contributed by atoms with Crippen LogP contribution in [-0.2, 0) is 6.54 Å². The molecule has 0 radical (unpaired) electrons. The molecule has 2 rings (SSSR count). The molecule has 0 spiro atoms. The molecule has 0 bridgehead atoms. The maximum Gasteiger partial charge on any atom is 0.0893 e. The van der Waals surface area contributed by atoms with Crippen LogP contribution in [0.2, 0.25) is 0 Å². The molecule has 2 unspecified atom stereocenters. The van der Waals surface area contributed by atoms with Crippen molar-refractivity contribution in [3.8, 4) is 0 Å². The van der Waals surface area contributed by atoms with Gasteiger partial charge in [0, 0.05) is 18.0 Å². The molecule has 0 aromatic carbocycles. The first-order valence-corrected chi connectivity index (χ1v) is 7.10. The standard InChI is InChI=1S/C12H21N3S/c1-9(2)11-5-3-4-6-12(11)13-7-10-8-16-15-14-10/h8-9,11-13H,3-7H2,1-2H3. The zero-order valence-corrected chi connectivity index (χ0v) is 11.0. The van der Waals surface area contributed by atoms with Gasteiger partial charge >= 0.3 is 0 Å². The quantitative estimate of drug-likeness (QED) is 0.878. The van der Waals surface area contributed by atoms with E-state index in [1.165, 1.54) is 37.2 Å². The lowest BCUT2D eigenvalue weighted by atomic mass is 9.78. The highest BCUT2D eigenvalue weighted by molar-refractivity contribution is 7.03. The summed E-state index contributed by atoms with van der Waals surface area (Å²) in [5, 5.41) is 9.76. The van der Waals surface area contributed by atoms with Crippen molar-refractivity contribution in [3.63, 3.8) is 0 Å². The summed E-state index contributed by atoms with van der Waals surface area (Å²) in [7, 11) is 0. The van der Waals surface area contributed by atoms with Crippen LogP contribution in [0.4, 0.5) is 0 Å². The van der Waals surface area contributed by atoms with Crippen LogP contribution in [0, 0.1) is 11.8 Å². The molecule has 1 aromatic rings. The molecular weight excluding hydrogens is 218 g/mol. The predicted octanol–water partition coefficient (Wildman–Crippen LogP) is 2.84. The van der Waals surface area contributed by atoms with E-state index in [0.717, 1.165) is 24.1 Å². The van der Waals surface area contributed by atoms with Gasteiger partial charge in [-0.1, -0.05) is 31.2 Å². The van der Waals surface area contributed by atoms with E-state index in [1.807, 2.05) is 5.38 Å². The third-order valence-corrected chi connectivity index (χ3v) is 4.18. The number of nitrogens with one attached hydrogen (secondary N) is 1. The molecule has 1 aliphatic carbocycles. The Morgan fingerprint density at radius 2 is 2.25 bits per heavy atom. The fourth-order valence-corrected chi connectivity index (χ4v) is 3.16. The molecule has 0 aliphatic heterocycles. The Labute approximate surface area is 102 Å². The summed E-state index contributed by atoms with van der Waals surface area (Å²) in [6.07, 6.45) is 5.47. The van der Waals surface area contributed by atoms with Crippen molar-refractivity contribution in [1.29, 1.82) is 0 Å². The number of aromatic nitrogens is 2. The van der Waals surface area contributed by atoms with Crippen molar-refractivity contribution in [3.05, 3.63) is 11.1 Å². The van der Waals surface area contributed by atoms with Crippen LogP contribution in [0.25, 0.3) is 0 Å². The molecular formula is C12H21N3S. The van der Waals surface area contributed by atoms with Crippen molar-refractivity contribution in [1.82, 2.24) is 14.9 Å². The molecule has 1 fully saturated rings. The number of nitrogens with zero attached hydrogens (tertiary/aromatic N) is 2. The van der Waals surface area contributed by atoms with Crippen molar-refractivity contribution < 1.29 is 0 Å². The van der Waals surface area contributed by atoms with Gasteiger partial charge in [-0.3, -0.25) is 0 Å². The number of hydrogen-bond acceptors (Lipinski definition) is 4. The summed E-state index contributed by atoms with van der Waals surface area (Å²) in [4.78, 5) is 0. The average molecular weight is 239 g/mol. The van der Waals surface area contributed by atoms with E-state index in [9.17, 15) is 0 Å². The maximum atomic E-state index is 4.08. The maximum absolute atomic E-state index is 4.08. The monoisotopic (exact) mass is 239 g/mol. The van der Waals surface area contributed by atoms with E-state index in [2.05, 4.69) is 28.8 Å². The van der Waals surface area contributed by atoms with Gasteiger partial charge < -0.3 is 5.32 Å². The minimum atomic E-state index is 0.676. The van der Waals surface area contributed by atoms with Gasteiger partial charge in [0.1, 0.15) is 0 Å². The van der Waals surface area contributed by atoms with Crippen LogP contribution in [0.15, 0.2) is 5.38 Å². The Morgan fingerprint density at radius 3 is 2.94 bits per heavy atom. The van der Waals surface area contributed by atoms with Gasteiger partial charge in [0.2, 0.25) is 0 Å². The molecule has 16 heavy (non-hydrogen) atoms. The van der Waals surface area contributed by atoms with E-state index in [-0.39, 0.29) is 0 Å². The Kier molecular flexibility index (Phi) is 4.29. The lowest BCUT2D eigenvalue weighted by Crippen LogP contribution is -2.40. The molecule has 1 aromatic heterocycles. The molecule has 1 aliphatic rings. The van der Waals surface area contributed by atoms with E-state index >= 15 is 0 Å². The minimum absolute atomic E-state index is 0.676. The number of hydrogen-bond donors (Lipinski definition) is 1. The summed E-state index contributed by atoms with van der Waals surface area (Å²) in [5.74, 6) is 1.62. The molecule has 2 atom stereocenters. The first-order valence-electron chi connectivity index (χ1n) is 6.26. The van der Waals surface area contributed by atoms with E-state index in [1.54, 1.807) is 0 Å². The summed E-state index contributed by atoms with van der Waals surface area (Å²) < 4.78 is 3.89. The minimum Gasteiger partial charge on any atom is -0.308 e. The van der Waals surface area contributed by atoms with Crippen LogP contribution < -0.4 is 5.32 Å². The van der Waals surface area contributed by atoms with Crippen molar-refractivity contribution >= 4 is 11.5 Å². The number of rotatable bonds is 4. The molecule has 1 heterocycles. The third kappa shape index (κ3) is 3.01. The average Bonchev–Trinajstić information content (AvgIpc) is 2.79. The van der Waals surface area contributed by atoms with Crippen LogP contribution >= 0.6 is 11.5 Å². The van der Waals surface area contributed by atoms with Gasteiger partial charge in [0.05, 0.1) is 5.69 Å². The Morgan fingerprint density at radius 1 is 1.44 bits per heavy atom. The fraction of sp³-hybridized carbons (Fsp3) is 0.833. The highest BCUT2D eigenvalue weighted by Crippen LogP contribution is 2.30. The first kappa shape index (κ1) is 12.0. The molecule has 3 nitrogen and oxygen atoms in total. The summed E-state index contributed by atoms with van der Waals surface area (Å²) in [6, 6.07) is 0.676. The second-order valence-electron chi connectivity index (χ2n) is 5.08. The molecule has 4 heteroatoms. The van der Waals surface area contributed by atoms with Crippen LogP contribution in [0.5, 0.6) is 0 Å². The fourth-order valence-electron chi connectivity index (χ4n) is 2.71. The molecule has 1 N–H and O–H groups in total. The summed E-state index contributed by atoms with van der Waals surface area (Å²) >= 11 is 1.43. The zero-order valence-electron chi connectivity index (χ0n) is 10.1. The van der Waals surface area contributed by atoms with Crippen molar-refractivity contribution in [2.45, 2.75) is 52.1 Å². The largest absolute Gasteiger partial charge is 0.308 e. The topological polar surface area (TPSA) is 37.8 Å². The SMILES string of the molecule is CC(C)C1CCCCC1NCc1csnn1. The zero-order chi connectivity index (χ0) is 11.4. The second-order valence-corrected chi connectivity index (χ2v) is 5.69. The summed E-state index contributed by atoms with van der Waals surface area (Å²) in [5.41, 5.74) is 1.08. The second kappa shape index (κ2) is 5.73. The van der Waals surface area contributed by atoms with Gasteiger partial charge in [0.15, 0.2) is 0 Å². The van der Waals surface area contributed by atoms with Gasteiger partial charge in [-0.05, 0) is 36.2 Å². The van der Waals surface area contributed by atoms with E-state index in [4.69, 9.17) is 0 Å². The highest BCUT2D eigenvalue weighted by Gasteiger charge is 2.26. The normalized spacial score (nSPS) is 26.2. The molecule has 1 saturated carbocycles. The first-order chi connectivity index (χ1) is 7.77. The predicted molar refractivity (Wildman–Crippen MR) is 67.3 cm³/mol. The van der Waals surface area contributed by atoms with Crippen molar-refractivity contribution in [2.24, 2.45) is 11.8 Å². The third-order valence-electron chi connectivity index (χ3n) is 3.63. The van der Waals surface area contributed by atoms with Crippen molar-refractivity contribution in [2.75, 3.05) is 0 Å². The van der Waals surface area contributed by atoms with Gasteiger partial charge in [0.25, 0.3) is 0 Å². The molecule has 0 saturated heterocycles.